The van der Waals surface area contributed by atoms with Gasteiger partial charge in [0.15, 0.2) is 0 Å². The van der Waals surface area contributed by atoms with Crippen LogP contribution in [-0.2, 0) is 28.0 Å². The van der Waals surface area contributed by atoms with Crippen molar-refractivity contribution in [2.24, 2.45) is 0 Å². The Morgan fingerprint density at radius 1 is 1.32 bits per heavy atom. The maximum atomic E-state index is 12.7. The Hall–Kier alpha value is -2.21. The number of carboxylic acids is 1. The van der Waals surface area contributed by atoms with Crippen molar-refractivity contribution in [3.05, 3.63) is 51.5 Å². The van der Waals surface area contributed by atoms with E-state index in [4.69, 9.17) is 0 Å². The number of nitrogens with zero attached hydrogens (tertiary/aromatic N) is 2. The average molecular weight is 358 g/mol. The second-order valence-electron chi connectivity index (χ2n) is 7.43. The number of hydrogen-bond donors (Lipinski definition) is 1. The summed E-state index contributed by atoms with van der Waals surface area (Å²) in [6.07, 6.45) is 0.209. The van der Waals surface area contributed by atoms with Crippen molar-refractivity contribution in [1.82, 2.24) is 9.88 Å². The van der Waals surface area contributed by atoms with E-state index in [1.54, 1.807) is 16.2 Å². The van der Waals surface area contributed by atoms with E-state index in [1.165, 1.54) is 0 Å². The molecular weight excluding hydrogens is 336 g/mol. The molecule has 1 atom stereocenters. The molecule has 1 unspecified atom stereocenters. The summed E-state index contributed by atoms with van der Waals surface area (Å²) in [6, 6.07) is 7.45. The van der Waals surface area contributed by atoms with E-state index in [1.807, 2.05) is 29.6 Å². The average Bonchev–Trinajstić information content (AvgIpc) is 3.02. The standard InChI is InChI=1S/C19H22N2O3S/c1-19(2,3)18-20-13(11-25-18)8-16(22)21-9-12-6-4-5-7-14(12)15(10-21)17(23)24/h4-7,11,15H,8-10H2,1-3H3,(H,23,24). The van der Waals surface area contributed by atoms with Crippen LogP contribution in [0.2, 0.25) is 0 Å². The van der Waals surface area contributed by atoms with Crippen LogP contribution >= 0.6 is 11.3 Å². The number of carbonyl (C=O) groups is 2. The van der Waals surface area contributed by atoms with E-state index in [0.29, 0.717) is 6.54 Å². The second-order valence-corrected chi connectivity index (χ2v) is 8.29. The van der Waals surface area contributed by atoms with Crippen molar-refractivity contribution in [3.8, 4) is 0 Å². The van der Waals surface area contributed by atoms with Gasteiger partial charge in [-0.2, -0.15) is 0 Å². The first kappa shape index (κ1) is 17.6. The van der Waals surface area contributed by atoms with Gasteiger partial charge < -0.3 is 10.0 Å². The molecule has 1 aromatic carbocycles. The molecule has 1 amide bonds. The van der Waals surface area contributed by atoms with Gasteiger partial charge in [-0.3, -0.25) is 9.59 Å². The Morgan fingerprint density at radius 2 is 2.04 bits per heavy atom. The smallest absolute Gasteiger partial charge is 0.312 e. The predicted octanol–water partition coefficient (Wildman–Crippen LogP) is 3.19. The lowest BCUT2D eigenvalue weighted by Crippen LogP contribution is -2.41. The third kappa shape index (κ3) is 3.74. The van der Waals surface area contributed by atoms with Crippen molar-refractivity contribution in [2.75, 3.05) is 6.54 Å². The van der Waals surface area contributed by atoms with Crippen LogP contribution in [0, 0.1) is 0 Å². The molecule has 0 saturated carbocycles. The van der Waals surface area contributed by atoms with E-state index in [0.717, 1.165) is 21.8 Å². The molecule has 1 aliphatic rings. The van der Waals surface area contributed by atoms with Crippen molar-refractivity contribution < 1.29 is 14.7 Å². The third-order valence-electron chi connectivity index (χ3n) is 4.37. The molecule has 2 aromatic rings. The van der Waals surface area contributed by atoms with Gasteiger partial charge in [-0.15, -0.1) is 11.3 Å². The lowest BCUT2D eigenvalue weighted by atomic mass is 9.89. The zero-order chi connectivity index (χ0) is 18.2. The van der Waals surface area contributed by atoms with Crippen molar-refractivity contribution in [3.63, 3.8) is 0 Å². The number of carbonyl (C=O) groups excluding carboxylic acids is 1. The van der Waals surface area contributed by atoms with Crippen LogP contribution < -0.4 is 0 Å². The molecule has 2 heterocycles. The van der Waals surface area contributed by atoms with Gasteiger partial charge in [0.05, 0.1) is 23.0 Å². The van der Waals surface area contributed by atoms with Gasteiger partial charge in [0.25, 0.3) is 0 Å². The zero-order valence-electron chi connectivity index (χ0n) is 14.7. The van der Waals surface area contributed by atoms with Crippen LogP contribution in [0.15, 0.2) is 29.6 Å². The minimum Gasteiger partial charge on any atom is -0.481 e. The van der Waals surface area contributed by atoms with E-state index in [2.05, 4.69) is 25.8 Å². The van der Waals surface area contributed by atoms with Gasteiger partial charge >= 0.3 is 5.97 Å². The Kier molecular flexibility index (Phi) is 4.64. The highest BCUT2D eigenvalue weighted by Gasteiger charge is 2.32. The van der Waals surface area contributed by atoms with Gasteiger partial charge in [-0.05, 0) is 11.1 Å². The van der Waals surface area contributed by atoms with Crippen LogP contribution in [0.5, 0.6) is 0 Å². The van der Waals surface area contributed by atoms with Gasteiger partial charge in [-0.25, -0.2) is 4.98 Å². The minimum atomic E-state index is -0.895. The molecule has 5 nitrogen and oxygen atoms in total. The molecule has 25 heavy (non-hydrogen) atoms. The maximum Gasteiger partial charge on any atom is 0.312 e. The summed E-state index contributed by atoms with van der Waals surface area (Å²) in [6.45, 7) is 6.94. The fourth-order valence-corrected chi connectivity index (χ4v) is 3.91. The van der Waals surface area contributed by atoms with Crippen molar-refractivity contribution in [1.29, 1.82) is 0 Å². The number of hydrogen-bond acceptors (Lipinski definition) is 4. The molecule has 0 fully saturated rings. The van der Waals surface area contributed by atoms with Crippen molar-refractivity contribution in [2.45, 2.75) is 45.1 Å². The number of amides is 1. The lowest BCUT2D eigenvalue weighted by Gasteiger charge is -2.32. The first-order chi connectivity index (χ1) is 11.8. The fraction of sp³-hybridized carbons (Fsp3) is 0.421. The van der Waals surface area contributed by atoms with Gasteiger partial charge in [0.2, 0.25) is 5.91 Å². The molecule has 0 aliphatic carbocycles. The van der Waals surface area contributed by atoms with Crippen LogP contribution in [0.25, 0.3) is 0 Å². The fourth-order valence-electron chi connectivity index (χ4n) is 3.01. The van der Waals surface area contributed by atoms with E-state index in [-0.39, 0.29) is 24.3 Å². The zero-order valence-corrected chi connectivity index (χ0v) is 15.5. The van der Waals surface area contributed by atoms with E-state index < -0.39 is 11.9 Å². The summed E-state index contributed by atoms with van der Waals surface area (Å²) < 4.78 is 0. The van der Waals surface area contributed by atoms with Crippen LogP contribution in [0.3, 0.4) is 0 Å². The molecule has 0 spiro atoms. The van der Waals surface area contributed by atoms with Crippen LogP contribution in [0.4, 0.5) is 0 Å². The molecule has 0 saturated heterocycles. The number of aliphatic carboxylic acids is 1. The molecular formula is C19H22N2O3S. The summed E-state index contributed by atoms with van der Waals surface area (Å²) in [5.74, 6) is -1.64. The summed E-state index contributed by atoms with van der Waals surface area (Å²) in [7, 11) is 0. The highest BCUT2D eigenvalue weighted by atomic mass is 32.1. The Morgan fingerprint density at radius 3 is 2.68 bits per heavy atom. The number of carboxylic acid groups (broad SMARTS) is 1. The highest BCUT2D eigenvalue weighted by Crippen LogP contribution is 2.29. The molecule has 0 bridgehead atoms. The normalized spacial score (nSPS) is 17.2. The largest absolute Gasteiger partial charge is 0.481 e. The Bertz CT molecular complexity index is 807. The molecule has 132 valence electrons. The lowest BCUT2D eigenvalue weighted by molar-refractivity contribution is -0.141. The summed E-state index contributed by atoms with van der Waals surface area (Å²) in [5.41, 5.74) is 2.43. The first-order valence-electron chi connectivity index (χ1n) is 8.29. The minimum absolute atomic E-state index is 0.0373. The Labute approximate surface area is 151 Å². The topological polar surface area (TPSA) is 70.5 Å². The third-order valence-corrected chi connectivity index (χ3v) is 5.69. The molecule has 3 rings (SSSR count). The summed E-state index contributed by atoms with van der Waals surface area (Å²) >= 11 is 1.56. The van der Waals surface area contributed by atoms with Crippen LogP contribution in [0.1, 0.15) is 48.5 Å². The monoisotopic (exact) mass is 358 g/mol. The van der Waals surface area contributed by atoms with Gasteiger partial charge in [-0.1, -0.05) is 45.0 Å². The number of aromatic nitrogens is 1. The number of benzene rings is 1. The summed E-state index contributed by atoms with van der Waals surface area (Å²) in [5, 5.41) is 12.4. The number of thiazole rings is 1. The van der Waals surface area contributed by atoms with Crippen LogP contribution in [-0.4, -0.2) is 33.4 Å². The quantitative estimate of drug-likeness (QED) is 0.915. The molecule has 6 heteroatoms. The number of fused-ring (bicyclic) bond motifs is 1. The predicted molar refractivity (Wildman–Crippen MR) is 96.8 cm³/mol. The summed E-state index contributed by atoms with van der Waals surface area (Å²) in [4.78, 5) is 30.5. The van der Waals surface area contributed by atoms with Gasteiger partial charge in [0, 0.05) is 23.9 Å². The van der Waals surface area contributed by atoms with E-state index >= 15 is 0 Å². The number of rotatable bonds is 3. The van der Waals surface area contributed by atoms with Crippen molar-refractivity contribution >= 4 is 23.2 Å². The van der Waals surface area contributed by atoms with E-state index in [9.17, 15) is 14.7 Å². The molecule has 1 aromatic heterocycles. The molecule has 1 aliphatic heterocycles. The Balaban J connectivity index is 1.77. The van der Waals surface area contributed by atoms with Gasteiger partial charge in [0.1, 0.15) is 0 Å². The molecule has 0 radical (unpaired) electrons. The SMILES string of the molecule is CC(C)(C)c1nc(CC(=O)N2Cc3ccccc3C(C(=O)O)C2)cs1. The highest BCUT2D eigenvalue weighted by molar-refractivity contribution is 7.09. The maximum absolute atomic E-state index is 12.7. The second kappa shape index (κ2) is 6.59. The molecule has 1 N–H and O–H groups in total. The first-order valence-corrected chi connectivity index (χ1v) is 9.17.